The first-order valence-electron chi connectivity index (χ1n) is 16.9. The molecular weight excluding hydrogens is 516 g/mol. The van der Waals surface area contributed by atoms with Gasteiger partial charge in [0.15, 0.2) is 0 Å². The molecule has 1 aromatic carbocycles. The summed E-state index contributed by atoms with van der Waals surface area (Å²) in [5, 5.41) is 9.54. The molecule has 3 heteroatoms. The summed E-state index contributed by atoms with van der Waals surface area (Å²) >= 11 is 0. The summed E-state index contributed by atoms with van der Waals surface area (Å²) < 4.78 is 6.21. The predicted molar refractivity (Wildman–Crippen MR) is 172 cm³/mol. The second-order valence-electron chi connectivity index (χ2n) is 17.6. The summed E-state index contributed by atoms with van der Waals surface area (Å²) in [4.78, 5) is 13.0. The van der Waals surface area contributed by atoms with Gasteiger partial charge in [-0.15, -0.1) is 0 Å². The van der Waals surface area contributed by atoms with E-state index in [1.807, 2.05) is 5.57 Å². The maximum Gasteiger partial charge on any atom is 0.331 e. The van der Waals surface area contributed by atoms with Gasteiger partial charge in [0, 0.05) is 11.5 Å². The molecule has 4 fully saturated rings. The highest BCUT2D eigenvalue weighted by molar-refractivity contribution is 5.87. The second kappa shape index (κ2) is 9.73. The lowest BCUT2D eigenvalue weighted by atomic mass is 9.34. The van der Waals surface area contributed by atoms with Gasteiger partial charge in [-0.25, -0.2) is 4.79 Å². The first-order chi connectivity index (χ1) is 19.5. The molecule has 4 saturated carbocycles. The Morgan fingerprint density at radius 2 is 1.45 bits per heavy atom. The van der Waals surface area contributed by atoms with Crippen molar-refractivity contribution in [3.05, 3.63) is 47.6 Å². The molecule has 0 spiro atoms. The van der Waals surface area contributed by atoms with Crippen molar-refractivity contribution in [2.45, 2.75) is 126 Å². The number of rotatable bonds is 3. The lowest BCUT2D eigenvalue weighted by molar-refractivity contribution is -0.197. The number of benzene rings is 1. The Labute approximate surface area is 255 Å². The van der Waals surface area contributed by atoms with E-state index in [9.17, 15) is 9.90 Å². The number of fused-ring (bicyclic) bond motifs is 7. The monoisotopic (exact) mass is 572 g/mol. The van der Waals surface area contributed by atoms with Crippen molar-refractivity contribution in [2.75, 3.05) is 0 Å². The lowest BCUT2D eigenvalue weighted by Crippen LogP contribution is -2.63. The third kappa shape index (κ3) is 4.54. The Morgan fingerprint density at radius 1 is 0.810 bits per heavy atom. The van der Waals surface area contributed by atoms with Crippen LogP contribution in [0.15, 0.2) is 42.0 Å². The molecule has 1 aromatic rings. The molecule has 0 bridgehead atoms. The minimum atomic E-state index is -0.260. The Balaban J connectivity index is 1.23. The van der Waals surface area contributed by atoms with Crippen molar-refractivity contribution in [1.82, 2.24) is 0 Å². The molecule has 3 nitrogen and oxygen atoms in total. The van der Waals surface area contributed by atoms with Crippen LogP contribution in [-0.2, 0) is 9.53 Å². The molecular formula is C39H56O3. The second-order valence-corrected chi connectivity index (χ2v) is 17.6. The van der Waals surface area contributed by atoms with Crippen LogP contribution in [0.5, 0.6) is 5.75 Å². The predicted octanol–water partition coefficient (Wildman–Crippen LogP) is 10.1. The largest absolute Gasteiger partial charge is 0.508 e. The van der Waals surface area contributed by atoms with E-state index in [2.05, 4.69) is 61.5 Å². The number of hydrogen-bond acceptors (Lipinski definition) is 3. The maximum absolute atomic E-state index is 13.0. The van der Waals surface area contributed by atoms with E-state index in [1.165, 1.54) is 51.4 Å². The summed E-state index contributed by atoms with van der Waals surface area (Å²) in [7, 11) is 0. The van der Waals surface area contributed by atoms with Crippen LogP contribution in [0.4, 0.5) is 0 Å². The Hall–Kier alpha value is -2.03. The number of ether oxygens (including phenoxy) is 1. The summed E-state index contributed by atoms with van der Waals surface area (Å²) in [5.41, 5.74) is 4.41. The number of phenolic OH excluding ortho intramolecular Hbond substituents is 1. The third-order valence-corrected chi connectivity index (χ3v) is 14.2. The molecule has 0 heterocycles. The van der Waals surface area contributed by atoms with Crippen molar-refractivity contribution >= 4 is 12.0 Å². The highest BCUT2D eigenvalue weighted by Crippen LogP contribution is 2.75. The molecule has 0 amide bonds. The van der Waals surface area contributed by atoms with Gasteiger partial charge in [0.2, 0.25) is 0 Å². The van der Waals surface area contributed by atoms with E-state index in [-0.39, 0.29) is 34.1 Å². The van der Waals surface area contributed by atoms with E-state index in [1.54, 1.807) is 36.4 Å². The SMILES string of the molecule is CC1(C)CC[C@]2(C)CC=C3[C@]4(C)CC[C@H]5C(C)(C)[C@@H](OC(=O)/C=C\c6ccc(O)cc6)CC[C@]5(C)[C@H]4CC[C@@]3(C)[C@@H]2C1. The van der Waals surface area contributed by atoms with Gasteiger partial charge in [-0.3, -0.25) is 0 Å². The average molecular weight is 573 g/mol. The number of carbonyl (C=O) groups excluding carboxylic acids is 1. The fraction of sp³-hybridized carbons (Fsp3) is 0.718. The molecule has 0 saturated heterocycles. The van der Waals surface area contributed by atoms with Gasteiger partial charge < -0.3 is 9.84 Å². The van der Waals surface area contributed by atoms with Crippen molar-refractivity contribution in [2.24, 2.45) is 50.2 Å². The molecule has 0 unspecified atom stereocenters. The zero-order chi connectivity index (χ0) is 30.3. The lowest BCUT2D eigenvalue weighted by Gasteiger charge is -2.70. The molecule has 0 aromatic heterocycles. The normalized spacial score (nSPS) is 43.8. The standard InChI is InChI=1S/C39H56O3/c1-34(2)23-24-36(5)19-15-29-38(7)20-16-28-35(3,4)32(42-33(41)14-11-26-9-12-27(40)13-10-26)18-22-37(28,6)30(38)17-21-39(29,8)31(36)25-34/h9-15,28,30-32,40H,16-25H2,1-8H3/b14-11-/t28-,30+,31+,32-,36-,37-,38-,39+/m0/s1. The third-order valence-electron chi connectivity index (χ3n) is 14.2. The molecule has 0 radical (unpaired) electrons. The van der Waals surface area contributed by atoms with E-state index < -0.39 is 0 Å². The molecule has 5 aliphatic carbocycles. The van der Waals surface area contributed by atoms with Gasteiger partial charge in [0.1, 0.15) is 11.9 Å². The van der Waals surface area contributed by atoms with Crippen molar-refractivity contribution < 1.29 is 14.6 Å². The number of esters is 1. The van der Waals surface area contributed by atoms with Gasteiger partial charge in [-0.2, -0.15) is 0 Å². The zero-order valence-electron chi connectivity index (χ0n) is 27.7. The molecule has 5 aliphatic rings. The highest BCUT2D eigenvalue weighted by Gasteiger charge is 2.67. The highest BCUT2D eigenvalue weighted by atomic mass is 16.5. The van der Waals surface area contributed by atoms with Crippen LogP contribution < -0.4 is 0 Å². The summed E-state index contributed by atoms with van der Waals surface area (Å²) in [6.07, 6.45) is 18.6. The van der Waals surface area contributed by atoms with Crippen LogP contribution in [0.1, 0.15) is 125 Å². The smallest absolute Gasteiger partial charge is 0.331 e. The molecule has 42 heavy (non-hydrogen) atoms. The van der Waals surface area contributed by atoms with E-state index >= 15 is 0 Å². The van der Waals surface area contributed by atoms with Gasteiger partial charge in [0.05, 0.1) is 0 Å². The van der Waals surface area contributed by atoms with Gasteiger partial charge in [0.25, 0.3) is 0 Å². The molecule has 1 N–H and O–H groups in total. The van der Waals surface area contributed by atoms with E-state index in [4.69, 9.17) is 4.74 Å². The fourth-order valence-electron chi connectivity index (χ4n) is 12.0. The molecule has 8 atom stereocenters. The number of phenols is 1. The zero-order valence-corrected chi connectivity index (χ0v) is 27.7. The van der Waals surface area contributed by atoms with Crippen LogP contribution in [0.3, 0.4) is 0 Å². The maximum atomic E-state index is 13.0. The Kier molecular flexibility index (Phi) is 6.96. The van der Waals surface area contributed by atoms with Crippen LogP contribution in [0.2, 0.25) is 0 Å². The quantitative estimate of drug-likeness (QED) is 0.223. The first kappa shape index (κ1) is 30.0. The summed E-state index contributed by atoms with van der Waals surface area (Å²) in [5.74, 6) is 1.99. The number of aromatic hydroxyl groups is 1. The molecule has 230 valence electrons. The molecule has 0 aliphatic heterocycles. The van der Waals surface area contributed by atoms with Crippen LogP contribution in [-0.4, -0.2) is 17.2 Å². The summed E-state index contributed by atoms with van der Waals surface area (Å²) in [6.45, 7) is 20.3. The van der Waals surface area contributed by atoms with Crippen molar-refractivity contribution in [3.8, 4) is 5.75 Å². The first-order valence-corrected chi connectivity index (χ1v) is 16.9. The van der Waals surface area contributed by atoms with E-state index in [0.717, 1.165) is 24.3 Å². The Morgan fingerprint density at radius 3 is 2.14 bits per heavy atom. The number of carbonyl (C=O) groups is 1. The minimum Gasteiger partial charge on any atom is -0.508 e. The van der Waals surface area contributed by atoms with Gasteiger partial charge in [-0.05, 0) is 133 Å². The van der Waals surface area contributed by atoms with Crippen LogP contribution in [0.25, 0.3) is 6.08 Å². The van der Waals surface area contributed by atoms with Crippen LogP contribution in [0, 0.1) is 50.2 Å². The fourth-order valence-corrected chi connectivity index (χ4v) is 12.0. The number of allylic oxidation sites excluding steroid dienone is 2. The summed E-state index contributed by atoms with van der Waals surface area (Å²) in [6, 6.07) is 6.89. The van der Waals surface area contributed by atoms with E-state index in [0.29, 0.717) is 28.1 Å². The number of hydrogen-bond donors (Lipinski definition) is 1. The van der Waals surface area contributed by atoms with Gasteiger partial charge in [-0.1, -0.05) is 79.2 Å². The van der Waals surface area contributed by atoms with Gasteiger partial charge >= 0.3 is 5.97 Å². The Bertz CT molecular complexity index is 1280. The average Bonchev–Trinajstić information content (AvgIpc) is 2.90. The topological polar surface area (TPSA) is 46.5 Å². The van der Waals surface area contributed by atoms with Crippen molar-refractivity contribution in [1.29, 1.82) is 0 Å². The molecule has 6 rings (SSSR count). The van der Waals surface area contributed by atoms with Crippen molar-refractivity contribution in [3.63, 3.8) is 0 Å². The minimum absolute atomic E-state index is 0.0650. The van der Waals surface area contributed by atoms with Crippen LogP contribution >= 0.6 is 0 Å².